The molecule has 1 atom stereocenters. The van der Waals surface area contributed by atoms with Gasteiger partial charge >= 0.3 is 0 Å². The Morgan fingerprint density at radius 2 is 1.80 bits per heavy atom. The zero-order valence-electron chi connectivity index (χ0n) is 17.8. The quantitative estimate of drug-likeness (QED) is 0.538. The van der Waals surface area contributed by atoms with Crippen molar-refractivity contribution in [1.29, 1.82) is 0 Å². The van der Waals surface area contributed by atoms with Gasteiger partial charge in [-0.15, -0.1) is 0 Å². The summed E-state index contributed by atoms with van der Waals surface area (Å²) in [5.41, 5.74) is 3.01. The molecule has 3 rings (SSSR count). The molecule has 3 aromatic rings. The van der Waals surface area contributed by atoms with Gasteiger partial charge in [0.2, 0.25) is 5.91 Å². The van der Waals surface area contributed by atoms with Crippen molar-refractivity contribution >= 4 is 5.91 Å². The number of carbonyl (C=O) groups excluding carboxylic acids is 1. The first-order valence-electron chi connectivity index (χ1n) is 10.4. The van der Waals surface area contributed by atoms with Crippen LogP contribution in [-0.4, -0.2) is 28.9 Å². The Kier molecular flexibility index (Phi) is 7.49. The molecule has 0 aliphatic heterocycles. The number of ether oxygens (including phenoxy) is 2. The molecule has 1 amide bonds. The summed E-state index contributed by atoms with van der Waals surface area (Å²) in [6.07, 6.45) is 4.82. The zero-order chi connectivity index (χ0) is 21.3. The molecule has 6 nitrogen and oxygen atoms in total. The minimum absolute atomic E-state index is 0.00167. The van der Waals surface area contributed by atoms with E-state index in [1.54, 1.807) is 0 Å². The second kappa shape index (κ2) is 10.5. The smallest absolute Gasteiger partial charge is 0.220 e. The summed E-state index contributed by atoms with van der Waals surface area (Å²) >= 11 is 0. The predicted octanol–water partition coefficient (Wildman–Crippen LogP) is 4.48. The third kappa shape index (κ3) is 5.63. The first kappa shape index (κ1) is 21.4. The van der Waals surface area contributed by atoms with Gasteiger partial charge in [0.25, 0.3) is 0 Å². The van der Waals surface area contributed by atoms with E-state index in [1.165, 1.54) is 0 Å². The summed E-state index contributed by atoms with van der Waals surface area (Å²) < 4.78 is 13.1. The van der Waals surface area contributed by atoms with Gasteiger partial charge in [0.05, 0.1) is 31.1 Å². The number of benzene rings is 2. The zero-order valence-corrected chi connectivity index (χ0v) is 17.8. The van der Waals surface area contributed by atoms with Gasteiger partial charge < -0.3 is 14.8 Å². The second-order valence-corrected chi connectivity index (χ2v) is 6.99. The van der Waals surface area contributed by atoms with Gasteiger partial charge in [-0.25, -0.2) is 4.68 Å². The van der Waals surface area contributed by atoms with Crippen molar-refractivity contribution in [3.05, 3.63) is 72.1 Å². The highest BCUT2D eigenvalue weighted by Crippen LogP contribution is 2.30. The van der Waals surface area contributed by atoms with Crippen molar-refractivity contribution in [2.24, 2.45) is 0 Å². The van der Waals surface area contributed by atoms with Gasteiger partial charge in [-0.05, 0) is 62.6 Å². The molecule has 2 aromatic carbocycles. The van der Waals surface area contributed by atoms with Crippen LogP contribution < -0.4 is 14.8 Å². The van der Waals surface area contributed by atoms with Crippen molar-refractivity contribution in [3.8, 4) is 17.2 Å². The van der Waals surface area contributed by atoms with Crippen molar-refractivity contribution in [2.75, 3.05) is 13.2 Å². The van der Waals surface area contributed by atoms with Crippen molar-refractivity contribution in [2.45, 2.75) is 39.7 Å². The highest BCUT2D eigenvalue weighted by molar-refractivity contribution is 5.76. The maximum absolute atomic E-state index is 12.5. The summed E-state index contributed by atoms with van der Waals surface area (Å²) in [7, 11) is 0. The molecule has 1 N–H and O–H groups in total. The van der Waals surface area contributed by atoms with Crippen molar-refractivity contribution < 1.29 is 14.3 Å². The van der Waals surface area contributed by atoms with Gasteiger partial charge in [-0.3, -0.25) is 4.79 Å². The molecule has 0 spiro atoms. The van der Waals surface area contributed by atoms with Crippen LogP contribution >= 0.6 is 0 Å². The van der Waals surface area contributed by atoms with E-state index in [9.17, 15) is 4.79 Å². The summed E-state index contributed by atoms with van der Waals surface area (Å²) in [4.78, 5) is 12.5. The Hall–Kier alpha value is -3.28. The molecule has 158 valence electrons. The van der Waals surface area contributed by atoms with Gasteiger partial charge in [0.15, 0.2) is 11.5 Å². The van der Waals surface area contributed by atoms with Crippen LogP contribution in [0.1, 0.15) is 44.4 Å². The number of hydrogen-bond acceptors (Lipinski definition) is 4. The van der Waals surface area contributed by atoms with E-state index in [0.29, 0.717) is 31.8 Å². The number of hydrogen-bond donors (Lipinski definition) is 1. The lowest BCUT2D eigenvalue weighted by Gasteiger charge is -2.17. The van der Waals surface area contributed by atoms with E-state index in [2.05, 4.69) is 10.4 Å². The van der Waals surface area contributed by atoms with Gasteiger partial charge in [-0.2, -0.15) is 5.10 Å². The number of nitrogens with zero attached hydrogens (tertiary/aromatic N) is 2. The first-order valence-corrected chi connectivity index (χ1v) is 10.4. The van der Waals surface area contributed by atoms with E-state index in [0.717, 1.165) is 22.6 Å². The molecule has 0 radical (unpaired) electrons. The van der Waals surface area contributed by atoms with Gasteiger partial charge in [-0.1, -0.05) is 24.3 Å². The highest BCUT2D eigenvalue weighted by atomic mass is 16.5. The van der Waals surface area contributed by atoms with Crippen LogP contribution in [0.4, 0.5) is 0 Å². The van der Waals surface area contributed by atoms with E-state index in [-0.39, 0.29) is 11.9 Å². The van der Waals surface area contributed by atoms with Gasteiger partial charge in [0, 0.05) is 12.6 Å². The van der Waals surface area contributed by atoms with Crippen LogP contribution in [0.2, 0.25) is 0 Å². The van der Waals surface area contributed by atoms with Crippen LogP contribution in [0.15, 0.2) is 60.9 Å². The van der Waals surface area contributed by atoms with Gasteiger partial charge in [0.1, 0.15) is 0 Å². The topological polar surface area (TPSA) is 65.4 Å². The Morgan fingerprint density at radius 1 is 1.07 bits per heavy atom. The molecule has 1 aromatic heterocycles. The molecule has 0 aliphatic carbocycles. The number of rotatable bonds is 10. The fourth-order valence-corrected chi connectivity index (χ4v) is 3.20. The average molecular weight is 408 g/mol. The van der Waals surface area contributed by atoms with Crippen LogP contribution in [-0.2, 0) is 11.2 Å². The predicted molar refractivity (Wildman–Crippen MR) is 117 cm³/mol. The SMILES string of the molecule is CCOc1ccc(C(C)NC(=O)CCc2cnn(-c3ccccc3)c2)cc1OCC. The Labute approximate surface area is 177 Å². The average Bonchev–Trinajstić information content (AvgIpc) is 3.23. The lowest BCUT2D eigenvalue weighted by atomic mass is 10.1. The number of aromatic nitrogens is 2. The molecule has 0 fully saturated rings. The van der Waals surface area contributed by atoms with Crippen LogP contribution in [0.3, 0.4) is 0 Å². The normalized spacial score (nSPS) is 11.7. The van der Waals surface area contributed by atoms with E-state index in [4.69, 9.17) is 9.47 Å². The minimum Gasteiger partial charge on any atom is -0.490 e. The third-order valence-corrected chi connectivity index (χ3v) is 4.74. The molecule has 30 heavy (non-hydrogen) atoms. The molecule has 1 unspecified atom stereocenters. The molecule has 6 heteroatoms. The molecule has 0 saturated heterocycles. The summed E-state index contributed by atoms with van der Waals surface area (Å²) in [6.45, 7) is 6.98. The maximum atomic E-state index is 12.5. The molecule has 0 bridgehead atoms. The standard InChI is InChI=1S/C24H29N3O3/c1-4-29-22-13-12-20(15-23(22)30-5-2)18(3)26-24(28)14-11-19-16-25-27(17-19)21-9-7-6-8-10-21/h6-10,12-13,15-18H,4-5,11,14H2,1-3H3,(H,26,28). The van der Waals surface area contributed by atoms with Crippen molar-refractivity contribution in [3.63, 3.8) is 0 Å². The molecule has 0 saturated carbocycles. The summed E-state index contributed by atoms with van der Waals surface area (Å²) in [5, 5.41) is 7.45. The minimum atomic E-state index is -0.126. The lowest BCUT2D eigenvalue weighted by molar-refractivity contribution is -0.121. The number of aryl methyl sites for hydroxylation is 1. The first-order chi connectivity index (χ1) is 14.6. The van der Waals surface area contributed by atoms with Crippen LogP contribution in [0, 0.1) is 0 Å². The fraction of sp³-hybridized carbons (Fsp3) is 0.333. The summed E-state index contributed by atoms with van der Waals surface area (Å²) in [5.74, 6) is 1.42. The van der Waals surface area contributed by atoms with E-state index in [1.807, 2.05) is 86.4 Å². The van der Waals surface area contributed by atoms with Crippen LogP contribution in [0.5, 0.6) is 11.5 Å². The third-order valence-electron chi connectivity index (χ3n) is 4.74. The molecular formula is C24H29N3O3. The van der Waals surface area contributed by atoms with E-state index >= 15 is 0 Å². The number of carbonyl (C=O) groups is 1. The second-order valence-electron chi connectivity index (χ2n) is 6.99. The van der Waals surface area contributed by atoms with Crippen LogP contribution in [0.25, 0.3) is 5.69 Å². The van der Waals surface area contributed by atoms with E-state index < -0.39 is 0 Å². The molecular weight excluding hydrogens is 378 g/mol. The monoisotopic (exact) mass is 407 g/mol. The number of nitrogens with one attached hydrogen (secondary N) is 1. The highest BCUT2D eigenvalue weighted by Gasteiger charge is 2.14. The Balaban J connectivity index is 1.56. The Bertz CT molecular complexity index is 953. The van der Waals surface area contributed by atoms with Crippen molar-refractivity contribution in [1.82, 2.24) is 15.1 Å². The number of para-hydroxylation sites is 1. The maximum Gasteiger partial charge on any atom is 0.220 e. The Morgan fingerprint density at radius 3 is 2.53 bits per heavy atom. The largest absolute Gasteiger partial charge is 0.490 e. The number of amides is 1. The lowest BCUT2D eigenvalue weighted by Crippen LogP contribution is -2.26. The molecule has 0 aliphatic rings. The fourth-order valence-electron chi connectivity index (χ4n) is 3.20. The summed E-state index contributed by atoms with van der Waals surface area (Å²) in [6, 6.07) is 15.6. The molecule has 1 heterocycles.